The maximum Gasteiger partial charge on any atom is 0.119 e. The van der Waals surface area contributed by atoms with Crippen molar-refractivity contribution in [3.63, 3.8) is 0 Å². The van der Waals surface area contributed by atoms with E-state index in [0.717, 1.165) is 34.6 Å². The summed E-state index contributed by atoms with van der Waals surface area (Å²) in [6.07, 6.45) is 2.11. The Morgan fingerprint density at radius 2 is 1.76 bits per heavy atom. The first-order chi connectivity index (χ1) is 12.0. The predicted molar refractivity (Wildman–Crippen MR) is 110 cm³/mol. The summed E-state index contributed by atoms with van der Waals surface area (Å²) in [5, 5.41) is 12.3. The first-order valence-electron chi connectivity index (χ1n) is 8.84. The number of para-hydroxylation sites is 1. The van der Waals surface area contributed by atoms with E-state index in [2.05, 4.69) is 36.1 Å². The molecule has 25 heavy (non-hydrogen) atoms. The molecule has 0 saturated carbocycles. The Balaban J connectivity index is 0.000000229. The lowest BCUT2D eigenvalue weighted by Crippen LogP contribution is -2.28. The molecule has 0 bridgehead atoms. The van der Waals surface area contributed by atoms with Crippen LogP contribution in [0.1, 0.15) is 37.0 Å². The number of hydrogen-bond acceptors (Lipinski definition) is 4. The SMILES string of the molecule is CC.COc1cc(C)c(S)c(C)c1.OCC1CCc2ccccc2N1. The number of anilines is 1. The number of nitrogens with one attached hydrogen (secondary N) is 1. The lowest BCUT2D eigenvalue weighted by atomic mass is 9.99. The van der Waals surface area contributed by atoms with Gasteiger partial charge in [-0.25, -0.2) is 0 Å². The molecule has 2 aromatic rings. The van der Waals surface area contributed by atoms with Crippen molar-refractivity contribution in [1.82, 2.24) is 0 Å². The van der Waals surface area contributed by atoms with Crippen LogP contribution in [0.15, 0.2) is 41.3 Å². The van der Waals surface area contributed by atoms with Crippen LogP contribution in [-0.2, 0) is 6.42 Å². The maximum absolute atomic E-state index is 8.95. The third-order valence-corrected chi connectivity index (χ3v) is 4.77. The van der Waals surface area contributed by atoms with E-state index in [1.165, 1.54) is 11.3 Å². The minimum Gasteiger partial charge on any atom is -0.497 e. The van der Waals surface area contributed by atoms with Gasteiger partial charge in [0.2, 0.25) is 0 Å². The highest BCUT2D eigenvalue weighted by atomic mass is 32.1. The van der Waals surface area contributed by atoms with Gasteiger partial charge in [-0.05, 0) is 61.6 Å². The summed E-state index contributed by atoms with van der Waals surface area (Å²) < 4.78 is 5.10. The Morgan fingerprint density at radius 3 is 2.32 bits per heavy atom. The quantitative estimate of drug-likeness (QED) is 0.657. The summed E-state index contributed by atoms with van der Waals surface area (Å²) in [6.45, 7) is 8.28. The second kappa shape index (κ2) is 11.1. The Hall–Kier alpha value is -1.65. The molecule has 2 N–H and O–H groups in total. The first kappa shape index (κ1) is 21.4. The van der Waals surface area contributed by atoms with E-state index in [0.29, 0.717) is 0 Å². The summed E-state index contributed by atoms with van der Waals surface area (Å²) in [5.74, 6) is 0.901. The molecule has 0 fully saturated rings. The van der Waals surface area contributed by atoms with E-state index in [-0.39, 0.29) is 12.6 Å². The van der Waals surface area contributed by atoms with E-state index < -0.39 is 0 Å². The van der Waals surface area contributed by atoms with Gasteiger partial charge < -0.3 is 15.2 Å². The van der Waals surface area contributed by atoms with E-state index in [1.807, 2.05) is 45.9 Å². The minimum absolute atomic E-state index is 0.230. The maximum atomic E-state index is 8.95. The lowest BCUT2D eigenvalue weighted by molar-refractivity contribution is 0.267. The van der Waals surface area contributed by atoms with Gasteiger partial charge in [0.15, 0.2) is 0 Å². The van der Waals surface area contributed by atoms with E-state index in [4.69, 9.17) is 9.84 Å². The first-order valence-corrected chi connectivity index (χ1v) is 9.29. The van der Waals surface area contributed by atoms with Crippen LogP contribution in [0, 0.1) is 13.8 Å². The topological polar surface area (TPSA) is 41.5 Å². The molecule has 0 saturated heterocycles. The average Bonchev–Trinajstić information content (AvgIpc) is 2.67. The fourth-order valence-corrected chi connectivity index (χ4v) is 2.80. The van der Waals surface area contributed by atoms with Crippen molar-refractivity contribution < 1.29 is 9.84 Å². The number of fused-ring (bicyclic) bond motifs is 1. The van der Waals surface area contributed by atoms with Gasteiger partial charge in [-0.1, -0.05) is 32.0 Å². The fourth-order valence-electron chi connectivity index (χ4n) is 2.67. The standard InChI is InChI=1S/C10H13NO.C9H12OS.C2H6/c12-7-9-6-5-8-3-1-2-4-10(8)11-9;1-6-4-8(10-3)5-7(2)9(6)11;1-2/h1-4,9,11-12H,5-7H2;4-5,11H,1-3H3;1-2H3. The van der Waals surface area contributed by atoms with Gasteiger partial charge in [-0.15, -0.1) is 12.6 Å². The molecule has 1 unspecified atom stereocenters. The smallest absolute Gasteiger partial charge is 0.119 e. The van der Waals surface area contributed by atoms with E-state index in [9.17, 15) is 0 Å². The zero-order chi connectivity index (χ0) is 18.8. The Kier molecular flexibility index (Phi) is 9.46. The highest BCUT2D eigenvalue weighted by molar-refractivity contribution is 7.80. The van der Waals surface area contributed by atoms with Gasteiger partial charge in [0.1, 0.15) is 5.75 Å². The van der Waals surface area contributed by atoms with Gasteiger partial charge in [0, 0.05) is 16.6 Å². The fraction of sp³-hybridized carbons (Fsp3) is 0.429. The van der Waals surface area contributed by atoms with E-state index in [1.54, 1.807) is 7.11 Å². The summed E-state index contributed by atoms with van der Waals surface area (Å²) >= 11 is 4.34. The third-order valence-electron chi connectivity index (χ3n) is 4.06. The van der Waals surface area contributed by atoms with Gasteiger partial charge in [-0.2, -0.15) is 0 Å². The second-order valence-corrected chi connectivity index (χ2v) is 6.28. The monoisotopic (exact) mass is 361 g/mol. The number of ether oxygens (including phenoxy) is 1. The number of aliphatic hydroxyl groups is 1. The number of rotatable bonds is 2. The summed E-state index contributed by atoms with van der Waals surface area (Å²) in [5.41, 5.74) is 4.86. The Labute approximate surface area is 157 Å². The van der Waals surface area contributed by atoms with Crippen LogP contribution in [0.4, 0.5) is 5.69 Å². The molecule has 0 amide bonds. The number of benzene rings is 2. The number of methoxy groups -OCH3 is 1. The largest absolute Gasteiger partial charge is 0.497 e. The second-order valence-electron chi connectivity index (χ2n) is 5.83. The van der Waals surface area contributed by atoms with Crippen molar-refractivity contribution in [1.29, 1.82) is 0 Å². The van der Waals surface area contributed by atoms with Crippen LogP contribution in [-0.4, -0.2) is 24.9 Å². The molecule has 0 aliphatic carbocycles. The molecule has 1 aliphatic heterocycles. The molecule has 3 nitrogen and oxygen atoms in total. The van der Waals surface area contributed by atoms with Crippen LogP contribution in [0.3, 0.4) is 0 Å². The summed E-state index contributed by atoms with van der Waals surface area (Å²) in [4.78, 5) is 1.05. The van der Waals surface area contributed by atoms with Crippen molar-refractivity contribution in [2.24, 2.45) is 0 Å². The van der Waals surface area contributed by atoms with Crippen LogP contribution in [0.2, 0.25) is 0 Å². The molecule has 3 rings (SSSR count). The molecule has 0 radical (unpaired) electrons. The molecule has 1 heterocycles. The molecule has 0 spiro atoms. The minimum atomic E-state index is 0.230. The van der Waals surface area contributed by atoms with Crippen molar-refractivity contribution in [3.8, 4) is 5.75 Å². The van der Waals surface area contributed by atoms with Crippen LogP contribution >= 0.6 is 12.6 Å². The molecular weight excluding hydrogens is 330 g/mol. The molecular formula is C21H31NO2S. The number of thiol groups is 1. The third kappa shape index (κ3) is 6.29. The van der Waals surface area contributed by atoms with Gasteiger partial charge >= 0.3 is 0 Å². The number of aliphatic hydroxyl groups excluding tert-OH is 1. The van der Waals surface area contributed by atoms with Crippen molar-refractivity contribution in [3.05, 3.63) is 53.1 Å². The highest BCUT2D eigenvalue weighted by Gasteiger charge is 2.15. The van der Waals surface area contributed by atoms with Gasteiger partial charge in [-0.3, -0.25) is 0 Å². The molecule has 2 aromatic carbocycles. The Morgan fingerprint density at radius 1 is 1.16 bits per heavy atom. The molecule has 1 atom stereocenters. The number of aryl methyl sites for hydroxylation is 3. The molecule has 4 heteroatoms. The zero-order valence-corrected chi connectivity index (χ0v) is 16.9. The summed E-state index contributed by atoms with van der Waals surface area (Å²) in [6, 6.07) is 12.5. The average molecular weight is 362 g/mol. The Bertz CT molecular complexity index is 635. The predicted octanol–water partition coefficient (Wildman–Crippen LogP) is 5.03. The van der Waals surface area contributed by atoms with Crippen LogP contribution < -0.4 is 10.1 Å². The van der Waals surface area contributed by atoms with E-state index >= 15 is 0 Å². The summed E-state index contributed by atoms with van der Waals surface area (Å²) in [7, 11) is 1.67. The lowest BCUT2D eigenvalue weighted by Gasteiger charge is -2.25. The van der Waals surface area contributed by atoms with Crippen LogP contribution in [0.5, 0.6) is 5.75 Å². The normalized spacial score (nSPS) is 14.8. The van der Waals surface area contributed by atoms with Crippen LogP contribution in [0.25, 0.3) is 0 Å². The number of hydrogen-bond donors (Lipinski definition) is 3. The van der Waals surface area contributed by atoms with Crippen molar-refractivity contribution >= 4 is 18.3 Å². The molecule has 0 aromatic heterocycles. The van der Waals surface area contributed by atoms with Crippen molar-refractivity contribution in [2.45, 2.75) is 51.5 Å². The molecule has 1 aliphatic rings. The van der Waals surface area contributed by atoms with Gasteiger partial charge in [0.05, 0.1) is 13.7 Å². The molecule has 138 valence electrons. The van der Waals surface area contributed by atoms with Gasteiger partial charge in [0.25, 0.3) is 0 Å². The van der Waals surface area contributed by atoms with Crippen molar-refractivity contribution in [2.75, 3.05) is 19.0 Å². The zero-order valence-electron chi connectivity index (χ0n) is 16.0. The highest BCUT2D eigenvalue weighted by Crippen LogP contribution is 2.24.